The second kappa shape index (κ2) is 7.87. The van der Waals surface area contributed by atoms with E-state index >= 15 is 0 Å². The summed E-state index contributed by atoms with van der Waals surface area (Å²) < 4.78 is 6.75. The fourth-order valence-corrected chi connectivity index (χ4v) is 6.90. The van der Waals surface area contributed by atoms with Crippen molar-refractivity contribution in [1.82, 2.24) is 5.32 Å². The van der Waals surface area contributed by atoms with Gasteiger partial charge >= 0.3 is 0 Å². The van der Waals surface area contributed by atoms with Crippen LogP contribution in [0.3, 0.4) is 0 Å². The van der Waals surface area contributed by atoms with Crippen molar-refractivity contribution in [2.24, 2.45) is 0 Å². The lowest BCUT2D eigenvalue weighted by molar-refractivity contribution is 0.193. The van der Waals surface area contributed by atoms with Crippen LogP contribution in [0.15, 0.2) is 30.3 Å². The third-order valence-electron chi connectivity index (χ3n) is 4.20. The molecule has 0 unspecified atom stereocenters. The third-order valence-corrected chi connectivity index (χ3v) is 7.42. The Hall–Kier alpha value is -1.08. The molecule has 1 aromatic carbocycles. The van der Waals surface area contributed by atoms with E-state index in [-0.39, 0.29) is 16.2 Å². The van der Waals surface area contributed by atoms with Crippen molar-refractivity contribution in [2.75, 3.05) is 6.54 Å². The van der Waals surface area contributed by atoms with Crippen LogP contribution in [0.5, 0.6) is 0 Å². The summed E-state index contributed by atoms with van der Waals surface area (Å²) in [6.07, 6.45) is 2.34. The molecular weight excluding hydrogens is 310 g/mol. The van der Waals surface area contributed by atoms with Crippen LogP contribution in [0, 0.1) is 11.8 Å². The summed E-state index contributed by atoms with van der Waals surface area (Å²) in [4.78, 5) is 0. The Morgan fingerprint density at radius 2 is 1.71 bits per heavy atom. The van der Waals surface area contributed by atoms with Crippen LogP contribution >= 0.6 is 0 Å². The van der Waals surface area contributed by atoms with E-state index in [1.54, 1.807) is 0 Å². The van der Waals surface area contributed by atoms with Crippen LogP contribution in [0.1, 0.15) is 59.9 Å². The summed E-state index contributed by atoms with van der Waals surface area (Å²) >= 11 is 0. The van der Waals surface area contributed by atoms with Crippen molar-refractivity contribution < 1.29 is 4.43 Å². The van der Waals surface area contributed by atoms with Crippen LogP contribution in [0.2, 0.25) is 10.1 Å². The Labute approximate surface area is 150 Å². The molecule has 1 N–H and O–H groups in total. The quantitative estimate of drug-likeness (QED) is 0.631. The first-order chi connectivity index (χ1) is 11.2. The molecule has 24 heavy (non-hydrogen) atoms. The van der Waals surface area contributed by atoms with Crippen molar-refractivity contribution >= 4 is 9.04 Å². The van der Waals surface area contributed by atoms with Gasteiger partial charge in [0.05, 0.1) is 0 Å². The summed E-state index contributed by atoms with van der Waals surface area (Å²) in [6.45, 7) is 14.9. The zero-order valence-corrected chi connectivity index (χ0v) is 17.1. The minimum absolute atomic E-state index is 0.0277. The van der Waals surface area contributed by atoms with E-state index in [0.29, 0.717) is 6.04 Å². The molecule has 0 amide bonds. The molecule has 3 heteroatoms. The van der Waals surface area contributed by atoms with Crippen LogP contribution < -0.4 is 5.32 Å². The summed E-state index contributed by atoms with van der Waals surface area (Å²) in [5.74, 6) is 6.77. The number of hydrogen-bond acceptors (Lipinski definition) is 2. The van der Waals surface area contributed by atoms with Crippen molar-refractivity contribution in [2.45, 2.75) is 76.6 Å². The average molecular weight is 343 g/mol. The molecule has 2 nitrogen and oxygen atoms in total. The molecule has 131 valence electrons. The SMILES string of the molecule is CC(C)(C)[Si](O[C@H](C#Cc1ccccc1)[C@@H]1CCCN1)C(C)(C)C. The Kier molecular flexibility index (Phi) is 6.31. The second-order valence-corrected chi connectivity index (χ2v) is 12.6. The lowest BCUT2D eigenvalue weighted by Crippen LogP contribution is -2.46. The predicted molar refractivity (Wildman–Crippen MR) is 104 cm³/mol. The van der Waals surface area contributed by atoms with Gasteiger partial charge in [-0.1, -0.05) is 71.6 Å². The van der Waals surface area contributed by atoms with Gasteiger partial charge in [0.15, 0.2) is 0 Å². The molecule has 0 bridgehead atoms. The zero-order valence-electron chi connectivity index (χ0n) is 16.1. The largest absolute Gasteiger partial charge is 0.400 e. The average Bonchev–Trinajstić information content (AvgIpc) is 3.00. The van der Waals surface area contributed by atoms with Gasteiger partial charge in [0, 0.05) is 11.6 Å². The normalized spacial score (nSPS) is 19.9. The fourth-order valence-electron chi connectivity index (χ4n) is 3.46. The van der Waals surface area contributed by atoms with Gasteiger partial charge in [0.2, 0.25) is 9.04 Å². The van der Waals surface area contributed by atoms with Crippen molar-refractivity contribution in [3.63, 3.8) is 0 Å². The molecule has 0 aromatic heterocycles. The fraction of sp³-hybridized carbons (Fsp3) is 0.619. The van der Waals surface area contributed by atoms with Crippen LogP contribution in [0.25, 0.3) is 0 Å². The maximum atomic E-state index is 6.75. The van der Waals surface area contributed by atoms with E-state index in [9.17, 15) is 0 Å². The summed E-state index contributed by atoms with van der Waals surface area (Å²) in [7, 11) is -1.06. The van der Waals surface area contributed by atoms with Crippen LogP contribution in [-0.2, 0) is 4.43 Å². The molecule has 0 aliphatic carbocycles. The van der Waals surface area contributed by atoms with Gasteiger partial charge in [-0.3, -0.25) is 0 Å². The van der Waals surface area contributed by atoms with E-state index in [2.05, 4.69) is 70.8 Å². The Morgan fingerprint density at radius 3 is 2.21 bits per heavy atom. The molecule has 1 fully saturated rings. The molecule has 0 saturated carbocycles. The summed E-state index contributed by atoms with van der Waals surface area (Å²) in [5, 5.41) is 3.94. The van der Waals surface area contributed by atoms with Gasteiger partial charge in [-0.15, -0.1) is 0 Å². The van der Waals surface area contributed by atoms with Gasteiger partial charge in [-0.25, -0.2) is 0 Å². The van der Waals surface area contributed by atoms with E-state index in [4.69, 9.17) is 4.43 Å². The Morgan fingerprint density at radius 1 is 1.08 bits per heavy atom. The van der Waals surface area contributed by atoms with Gasteiger partial charge in [0.25, 0.3) is 0 Å². The van der Waals surface area contributed by atoms with E-state index in [1.807, 2.05) is 18.2 Å². The number of nitrogens with one attached hydrogen (secondary N) is 1. The summed E-state index contributed by atoms with van der Waals surface area (Å²) in [5.41, 5.74) is 1.06. The maximum absolute atomic E-state index is 6.75. The van der Waals surface area contributed by atoms with Gasteiger partial charge in [-0.2, -0.15) is 0 Å². The molecule has 2 atom stereocenters. The molecule has 1 radical (unpaired) electrons. The number of hydrogen-bond donors (Lipinski definition) is 1. The Balaban J connectivity index is 2.24. The monoisotopic (exact) mass is 342 g/mol. The van der Waals surface area contributed by atoms with E-state index in [1.165, 1.54) is 6.42 Å². The van der Waals surface area contributed by atoms with Gasteiger partial charge in [-0.05, 0) is 41.6 Å². The molecule has 2 rings (SSSR count). The molecule has 1 aliphatic heterocycles. The predicted octanol–water partition coefficient (Wildman–Crippen LogP) is 4.77. The van der Waals surface area contributed by atoms with Gasteiger partial charge < -0.3 is 9.74 Å². The minimum atomic E-state index is -1.06. The second-order valence-electron chi connectivity index (χ2n) is 8.71. The van der Waals surface area contributed by atoms with Gasteiger partial charge in [0.1, 0.15) is 6.10 Å². The molecular formula is C21H32NOSi. The molecule has 1 heterocycles. The summed E-state index contributed by atoms with van der Waals surface area (Å²) in [6, 6.07) is 10.6. The lowest BCUT2D eigenvalue weighted by atomic mass is 10.1. The molecule has 0 spiro atoms. The van der Waals surface area contributed by atoms with Crippen molar-refractivity contribution in [3.8, 4) is 11.8 Å². The molecule has 1 aromatic rings. The third kappa shape index (κ3) is 5.48. The van der Waals surface area contributed by atoms with E-state index < -0.39 is 9.04 Å². The number of rotatable bonds is 3. The highest BCUT2D eigenvalue weighted by Gasteiger charge is 2.42. The smallest absolute Gasteiger partial charge is 0.224 e. The lowest BCUT2D eigenvalue weighted by Gasteiger charge is -2.40. The highest BCUT2D eigenvalue weighted by atomic mass is 28.3. The molecule has 1 saturated heterocycles. The van der Waals surface area contributed by atoms with Crippen molar-refractivity contribution in [1.29, 1.82) is 0 Å². The first kappa shape index (κ1) is 19.2. The first-order valence-electron chi connectivity index (χ1n) is 9.02. The van der Waals surface area contributed by atoms with Crippen LogP contribution in [0.4, 0.5) is 0 Å². The van der Waals surface area contributed by atoms with Crippen LogP contribution in [-0.4, -0.2) is 27.7 Å². The first-order valence-corrected chi connectivity index (χ1v) is 10.4. The van der Waals surface area contributed by atoms with Crippen molar-refractivity contribution in [3.05, 3.63) is 35.9 Å². The standard InChI is InChI=1S/C21H32NOSi/c1-20(2,3)24(21(4,5)6)23-19(18-13-10-16-22-18)15-14-17-11-8-7-9-12-17/h7-9,11-12,18-19,22H,10,13,16H2,1-6H3/t18-,19+/m0/s1. The number of benzene rings is 1. The zero-order chi connectivity index (χ0) is 17.8. The maximum Gasteiger partial charge on any atom is 0.224 e. The minimum Gasteiger partial charge on any atom is -0.400 e. The Bertz CT molecular complexity index is 554. The topological polar surface area (TPSA) is 21.3 Å². The highest BCUT2D eigenvalue weighted by molar-refractivity contribution is 6.58. The van der Waals surface area contributed by atoms with E-state index in [0.717, 1.165) is 18.5 Å². The highest BCUT2D eigenvalue weighted by Crippen LogP contribution is 2.43. The molecule has 1 aliphatic rings.